The lowest BCUT2D eigenvalue weighted by atomic mass is 10.1. The molecule has 0 unspecified atom stereocenters. The Bertz CT molecular complexity index is 584. The number of rotatable bonds is 6. The number of nitrogens with zero attached hydrogens (tertiary/aromatic N) is 2. The van der Waals surface area contributed by atoms with Crippen LogP contribution in [-0.4, -0.2) is 35.9 Å². The molecular formula is C17H21N3O. The van der Waals surface area contributed by atoms with Crippen LogP contribution >= 0.6 is 0 Å². The van der Waals surface area contributed by atoms with Gasteiger partial charge in [-0.3, -0.25) is 9.78 Å². The van der Waals surface area contributed by atoms with Crippen LogP contribution in [-0.2, 0) is 6.42 Å². The number of amides is 1. The maximum absolute atomic E-state index is 12.5. The van der Waals surface area contributed by atoms with Crippen LogP contribution in [0, 0.1) is 0 Å². The van der Waals surface area contributed by atoms with E-state index in [1.54, 1.807) is 17.3 Å². The van der Waals surface area contributed by atoms with Crippen molar-refractivity contribution in [2.45, 2.75) is 13.3 Å². The number of hydrogen-bond acceptors (Lipinski definition) is 3. The van der Waals surface area contributed by atoms with Crippen LogP contribution in [0.3, 0.4) is 0 Å². The van der Waals surface area contributed by atoms with E-state index in [-0.39, 0.29) is 5.91 Å². The van der Waals surface area contributed by atoms with Gasteiger partial charge in [-0.05, 0) is 43.2 Å². The number of carbonyl (C=O) groups is 1. The van der Waals surface area contributed by atoms with E-state index in [0.717, 1.165) is 24.2 Å². The van der Waals surface area contributed by atoms with Crippen molar-refractivity contribution < 1.29 is 4.79 Å². The van der Waals surface area contributed by atoms with Gasteiger partial charge in [0.15, 0.2) is 0 Å². The van der Waals surface area contributed by atoms with E-state index < -0.39 is 0 Å². The molecule has 0 aliphatic heterocycles. The van der Waals surface area contributed by atoms with Crippen molar-refractivity contribution >= 4 is 11.6 Å². The first-order valence-electron chi connectivity index (χ1n) is 7.19. The van der Waals surface area contributed by atoms with Crippen LogP contribution in [0.4, 0.5) is 5.69 Å². The predicted octanol–water partition coefficient (Wildman–Crippen LogP) is 2.83. The quantitative estimate of drug-likeness (QED) is 0.886. The van der Waals surface area contributed by atoms with Crippen LogP contribution < -0.4 is 5.32 Å². The fourth-order valence-electron chi connectivity index (χ4n) is 2.17. The van der Waals surface area contributed by atoms with E-state index in [0.29, 0.717) is 6.54 Å². The summed E-state index contributed by atoms with van der Waals surface area (Å²) in [4.78, 5) is 18.3. The van der Waals surface area contributed by atoms with E-state index in [9.17, 15) is 4.79 Å². The van der Waals surface area contributed by atoms with Gasteiger partial charge in [0.05, 0.1) is 5.56 Å². The Labute approximate surface area is 125 Å². The van der Waals surface area contributed by atoms with Gasteiger partial charge in [-0.1, -0.05) is 12.1 Å². The monoisotopic (exact) mass is 283 g/mol. The zero-order valence-corrected chi connectivity index (χ0v) is 12.5. The smallest absolute Gasteiger partial charge is 0.255 e. The average molecular weight is 283 g/mol. The van der Waals surface area contributed by atoms with Gasteiger partial charge in [-0.25, -0.2) is 0 Å². The van der Waals surface area contributed by atoms with E-state index in [1.807, 2.05) is 50.4 Å². The van der Waals surface area contributed by atoms with E-state index in [2.05, 4.69) is 10.3 Å². The number of benzene rings is 1. The molecule has 21 heavy (non-hydrogen) atoms. The van der Waals surface area contributed by atoms with Gasteiger partial charge in [-0.15, -0.1) is 0 Å². The molecule has 2 rings (SSSR count). The highest BCUT2D eigenvalue weighted by atomic mass is 16.2. The molecule has 0 aliphatic rings. The number of anilines is 1. The molecule has 2 aromatic rings. The van der Waals surface area contributed by atoms with Crippen molar-refractivity contribution in [3.8, 4) is 0 Å². The van der Waals surface area contributed by atoms with Crippen LogP contribution in [0.1, 0.15) is 22.8 Å². The maximum atomic E-state index is 12.5. The fourth-order valence-corrected chi connectivity index (χ4v) is 2.17. The molecule has 1 N–H and O–H groups in total. The van der Waals surface area contributed by atoms with Gasteiger partial charge in [0.2, 0.25) is 0 Å². The van der Waals surface area contributed by atoms with Crippen molar-refractivity contribution in [1.82, 2.24) is 9.88 Å². The molecule has 110 valence electrons. The Kier molecular flexibility index (Phi) is 5.32. The molecule has 0 fully saturated rings. The van der Waals surface area contributed by atoms with Crippen molar-refractivity contribution in [2.24, 2.45) is 0 Å². The Hall–Kier alpha value is -2.36. The van der Waals surface area contributed by atoms with Crippen LogP contribution in [0.25, 0.3) is 0 Å². The molecule has 0 atom stereocenters. The standard InChI is InChI=1S/C17H21N3O/c1-3-19-16-7-5-4-6-15(16)17(21)20(2)13-10-14-8-11-18-12-9-14/h4-9,11-12,19H,3,10,13H2,1-2H3. The molecule has 1 aromatic carbocycles. The summed E-state index contributed by atoms with van der Waals surface area (Å²) < 4.78 is 0. The second-order valence-electron chi connectivity index (χ2n) is 4.91. The zero-order chi connectivity index (χ0) is 15.1. The molecule has 0 spiro atoms. The molecule has 1 amide bonds. The normalized spacial score (nSPS) is 10.2. The minimum absolute atomic E-state index is 0.0422. The SMILES string of the molecule is CCNc1ccccc1C(=O)N(C)CCc1ccncc1. The molecule has 0 aliphatic carbocycles. The van der Waals surface area contributed by atoms with Crippen LogP contribution in [0.2, 0.25) is 0 Å². The summed E-state index contributed by atoms with van der Waals surface area (Å²) in [7, 11) is 1.84. The van der Waals surface area contributed by atoms with Gasteiger partial charge in [0.25, 0.3) is 5.91 Å². The summed E-state index contributed by atoms with van der Waals surface area (Å²) in [6.07, 6.45) is 4.38. The van der Waals surface area contributed by atoms with E-state index in [1.165, 1.54) is 5.56 Å². The Morgan fingerprint density at radius 1 is 1.19 bits per heavy atom. The number of carbonyl (C=O) groups excluding carboxylic acids is 1. The second kappa shape index (κ2) is 7.43. The lowest BCUT2D eigenvalue weighted by Gasteiger charge is -2.19. The van der Waals surface area contributed by atoms with Crippen molar-refractivity contribution in [1.29, 1.82) is 0 Å². The summed E-state index contributed by atoms with van der Waals surface area (Å²) in [6.45, 7) is 3.50. The molecule has 1 heterocycles. The topological polar surface area (TPSA) is 45.2 Å². The zero-order valence-electron chi connectivity index (χ0n) is 12.5. The number of pyridine rings is 1. The molecule has 0 radical (unpaired) electrons. The largest absolute Gasteiger partial charge is 0.385 e. The minimum atomic E-state index is 0.0422. The van der Waals surface area contributed by atoms with Crippen molar-refractivity contribution in [2.75, 3.05) is 25.5 Å². The summed E-state index contributed by atoms with van der Waals surface area (Å²) in [6, 6.07) is 11.6. The second-order valence-corrected chi connectivity index (χ2v) is 4.91. The highest BCUT2D eigenvalue weighted by Crippen LogP contribution is 2.16. The Balaban J connectivity index is 2.02. The third kappa shape index (κ3) is 4.05. The first kappa shape index (κ1) is 15.0. The third-order valence-electron chi connectivity index (χ3n) is 3.36. The van der Waals surface area contributed by atoms with Gasteiger partial charge < -0.3 is 10.2 Å². The number of hydrogen-bond donors (Lipinski definition) is 1. The predicted molar refractivity (Wildman–Crippen MR) is 85.5 cm³/mol. The van der Waals surface area contributed by atoms with Gasteiger partial charge in [0.1, 0.15) is 0 Å². The Morgan fingerprint density at radius 3 is 2.62 bits per heavy atom. The highest BCUT2D eigenvalue weighted by molar-refractivity contribution is 5.99. The number of likely N-dealkylation sites (N-methyl/N-ethyl adjacent to an activating group) is 1. The van der Waals surface area contributed by atoms with Crippen molar-refractivity contribution in [3.63, 3.8) is 0 Å². The maximum Gasteiger partial charge on any atom is 0.255 e. The first-order valence-corrected chi connectivity index (χ1v) is 7.19. The molecular weight excluding hydrogens is 262 g/mol. The Morgan fingerprint density at radius 2 is 1.90 bits per heavy atom. The van der Waals surface area contributed by atoms with Gasteiger partial charge >= 0.3 is 0 Å². The minimum Gasteiger partial charge on any atom is -0.385 e. The average Bonchev–Trinajstić information content (AvgIpc) is 2.54. The van der Waals surface area contributed by atoms with Gasteiger partial charge in [0, 0.05) is 38.2 Å². The highest BCUT2D eigenvalue weighted by Gasteiger charge is 2.14. The summed E-state index contributed by atoms with van der Waals surface area (Å²) >= 11 is 0. The lowest BCUT2D eigenvalue weighted by Crippen LogP contribution is -2.29. The molecule has 0 saturated heterocycles. The first-order chi connectivity index (χ1) is 10.2. The van der Waals surface area contributed by atoms with Crippen LogP contribution in [0.15, 0.2) is 48.8 Å². The fraction of sp³-hybridized carbons (Fsp3) is 0.294. The summed E-state index contributed by atoms with van der Waals surface area (Å²) in [5, 5.41) is 3.23. The summed E-state index contributed by atoms with van der Waals surface area (Å²) in [5.74, 6) is 0.0422. The summed E-state index contributed by atoms with van der Waals surface area (Å²) in [5.41, 5.74) is 2.79. The number of nitrogens with one attached hydrogen (secondary N) is 1. The number of aromatic nitrogens is 1. The number of para-hydroxylation sites is 1. The molecule has 4 heteroatoms. The third-order valence-corrected chi connectivity index (χ3v) is 3.36. The molecule has 0 bridgehead atoms. The van der Waals surface area contributed by atoms with Crippen LogP contribution in [0.5, 0.6) is 0 Å². The molecule has 4 nitrogen and oxygen atoms in total. The molecule has 0 saturated carbocycles. The van der Waals surface area contributed by atoms with Crippen molar-refractivity contribution in [3.05, 3.63) is 59.9 Å². The van der Waals surface area contributed by atoms with E-state index >= 15 is 0 Å². The lowest BCUT2D eigenvalue weighted by molar-refractivity contribution is 0.0797. The van der Waals surface area contributed by atoms with E-state index in [4.69, 9.17) is 0 Å². The van der Waals surface area contributed by atoms with Gasteiger partial charge in [-0.2, -0.15) is 0 Å². The molecule has 1 aromatic heterocycles.